The third-order valence-electron chi connectivity index (χ3n) is 4.04. The first-order chi connectivity index (χ1) is 12.7. The molecule has 148 valence electrons. The van der Waals surface area contributed by atoms with Gasteiger partial charge in [0.1, 0.15) is 10.9 Å². The Morgan fingerprint density at radius 1 is 1.30 bits per heavy atom. The van der Waals surface area contributed by atoms with Crippen LogP contribution in [0.15, 0.2) is 6.07 Å². The number of esters is 1. The van der Waals surface area contributed by atoms with Gasteiger partial charge in [-0.2, -0.15) is 0 Å². The van der Waals surface area contributed by atoms with E-state index in [0.717, 1.165) is 30.8 Å². The molecule has 1 aliphatic rings. The maximum atomic E-state index is 12.8. The third kappa shape index (κ3) is 5.98. The van der Waals surface area contributed by atoms with Crippen molar-refractivity contribution < 1.29 is 19.1 Å². The first-order valence-electron chi connectivity index (χ1n) is 9.04. The zero-order valence-corrected chi connectivity index (χ0v) is 17.5. The maximum Gasteiger partial charge on any atom is 0.350 e. The number of nitrogens with one attached hydrogen (secondary N) is 1. The van der Waals surface area contributed by atoms with Crippen molar-refractivity contribution in [3.63, 3.8) is 0 Å². The van der Waals surface area contributed by atoms with E-state index in [1.54, 1.807) is 13.2 Å². The Morgan fingerprint density at radius 2 is 1.96 bits per heavy atom. The van der Waals surface area contributed by atoms with Crippen LogP contribution in [0.2, 0.25) is 0 Å². The average molecular weight is 393 g/mol. The molecule has 1 aromatic rings. The van der Waals surface area contributed by atoms with E-state index in [1.165, 1.54) is 18.4 Å². The quantitative estimate of drug-likeness (QED) is 0.595. The van der Waals surface area contributed by atoms with E-state index in [0.29, 0.717) is 10.6 Å². The number of hydrogen-bond donors (Lipinski definition) is 1. The van der Waals surface area contributed by atoms with Gasteiger partial charge in [-0.1, -0.05) is 11.8 Å². The Balaban J connectivity index is 2.29. The number of nitrogens with zero attached hydrogens (tertiary/aromatic N) is 1. The minimum atomic E-state index is -0.561. The smallest absolute Gasteiger partial charge is 0.350 e. The molecular weight excluding hydrogens is 364 g/mol. The molecule has 0 spiro atoms. The van der Waals surface area contributed by atoms with Crippen LogP contribution < -0.4 is 5.32 Å². The second-order valence-corrected chi connectivity index (χ2v) is 8.58. The molecule has 1 aromatic heterocycles. The largest absolute Gasteiger partial charge is 0.465 e. The zero-order valence-electron chi connectivity index (χ0n) is 16.7. The molecule has 0 bridgehead atoms. The van der Waals surface area contributed by atoms with Gasteiger partial charge in [-0.25, -0.2) is 4.79 Å². The number of carbonyl (C=O) groups is 2. The van der Waals surface area contributed by atoms with E-state index >= 15 is 0 Å². The normalized spacial score (nSPS) is 15.1. The lowest BCUT2D eigenvalue weighted by atomic mass is 9.98. The highest BCUT2D eigenvalue weighted by atomic mass is 32.1. The highest BCUT2D eigenvalue weighted by Crippen LogP contribution is 2.29. The SMILES string of the molecule is COC[C@H](Nc1cc(C#CC(C)(C)C)sc1C(=O)OC)C(=O)N1CCCC1. The Kier molecular flexibility index (Phi) is 7.28. The third-order valence-corrected chi connectivity index (χ3v) is 5.07. The summed E-state index contributed by atoms with van der Waals surface area (Å²) < 4.78 is 10.1. The van der Waals surface area contributed by atoms with Crippen LogP contribution >= 0.6 is 11.3 Å². The van der Waals surface area contributed by atoms with Gasteiger partial charge in [0.25, 0.3) is 0 Å². The van der Waals surface area contributed by atoms with Crippen LogP contribution in [-0.2, 0) is 14.3 Å². The molecule has 0 unspecified atom stereocenters. The van der Waals surface area contributed by atoms with Gasteiger partial charge in [0, 0.05) is 25.6 Å². The average Bonchev–Trinajstić information content (AvgIpc) is 3.27. The summed E-state index contributed by atoms with van der Waals surface area (Å²) in [6.07, 6.45) is 2.04. The summed E-state index contributed by atoms with van der Waals surface area (Å²) in [4.78, 5) is 28.0. The molecule has 1 fully saturated rings. The molecule has 27 heavy (non-hydrogen) atoms. The number of rotatable bonds is 6. The van der Waals surface area contributed by atoms with Gasteiger partial charge < -0.3 is 19.7 Å². The summed E-state index contributed by atoms with van der Waals surface area (Å²) in [6.45, 7) is 7.81. The standard InChI is InChI=1S/C20H28N2O4S/c1-20(2,3)9-8-14-12-15(17(27-14)19(24)26-5)21-16(13-25-4)18(23)22-10-6-7-11-22/h12,16,21H,6-7,10-11,13H2,1-5H3/t16-/m0/s1. The van der Waals surface area contributed by atoms with Crippen LogP contribution in [0.1, 0.15) is 48.2 Å². The van der Waals surface area contributed by atoms with Crippen molar-refractivity contribution in [1.82, 2.24) is 4.90 Å². The molecule has 0 radical (unpaired) electrons. The van der Waals surface area contributed by atoms with Gasteiger partial charge in [-0.15, -0.1) is 11.3 Å². The fourth-order valence-electron chi connectivity index (χ4n) is 2.74. The van der Waals surface area contributed by atoms with Crippen molar-refractivity contribution >= 4 is 28.9 Å². The monoisotopic (exact) mass is 392 g/mol. The Morgan fingerprint density at radius 3 is 2.52 bits per heavy atom. The Hall–Kier alpha value is -2.04. The molecule has 0 aliphatic carbocycles. The van der Waals surface area contributed by atoms with Crippen LogP contribution in [0.3, 0.4) is 0 Å². The number of methoxy groups -OCH3 is 2. The predicted molar refractivity (Wildman–Crippen MR) is 107 cm³/mol. The number of likely N-dealkylation sites (tertiary alicyclic amines) is 1. The van der Waals surface area contributed by atoms with E-state index in [4.69, 9.17) is 9.47 Å². The van der Waals surface area contributed by atoms with E-state index in [2.05, 4.69) is 17.2 Å². The maximum absolute atomic E-state index is 12.8. The van der Waals surface area contributed by atoms with Crippen molar-refractivity contribution in [3.05, 3.63) is 15.8 Å². The minimum absolute atomic E-state index is 0.0151. The molecule has 2 rings (SSSR count). The first kappa shape index (κ1) is 21.3. The number of anilines is 1. The number of thiophene rings is 1. The molecule has 1 N–H and O–H groups in total. The van der Waals surface area contributed by atoms with Gasteiger partial charge in [0.2, 0.25) is 5.91 Å². The molecule has 0 aromatic carbocycles. The lowest BCUT2D eigenvalue weighted by Gasteiger charge is -2.24. The van der Waals surface area contributed by atoms with Crippen molar-refractivity contribution in [1.29, 1.82) is 0 Å². The zero-order chi connectivity index (χ0) is 20.0. The number of carbonyl (C=O) groups excluding carboxylic acids is 2. The fourth-order valence-corrected chi connectivity index (χ4v) is 3.63. The van der Waals surface area contributed by atoms with Crippen LogP contribution in [0, 0.1) is 17.3 Å². The highest BCUT2D eigenvalue weighted by molar-refractivity contribution is 7.15. The summed E-state index contributed by atoms with van der Waals surface area (Å²) in [7, 11) is 2.90. The molecule has 6 nitrogen and oxygen atoms in total. The van der Waals surface area contributed by atoms with E-state index < -0.39 is 12.0 Å². The molecule has 7 heteroatoms. The lowest BCUT2D eigenvalue weighted by molar-refractivity contribution is -0.132. The van der Waals surface area contributed by atoms with Crippen molar-refractivity contribution in [2.45, 2.75) is 39.7 Å². The van der Waals surface area contributed by atoms with E-state index in [9.17, 15) is 9.59 Å². The second-order valence-electron chi connectivity index (χ2n) is 7.53. The summed E-state index contributed by atoms with van der Waals surface area (Å²) in [5.41, 5.74) is 0.410. The Labute approximate surface area is 165 Å². The van der Waals surface area contributed by atoms with Crippen molar-refractivity contribution in [3.8, 4) is 11.8 Å². The van der Waals surface area contributed by atoms with Gasteiger partial charge in [-0.3, -0.25) is 4.79 Å². The van der Waals surface area contributed by atoms with Crippen LogP contribution in [-0.4, -0.2) is 56.7 Å². The number of hydrogen-bond acceptors (Lipinski definition) is 6. The topological polar surface area (TPSA) is 67.9 Å². The van der Waals surface area contributed by atoms with Gasteiger partial charge in [0.15, 0.2) is 0 Å². The molecule has 1 aliphatic heterocycles. The summed E-state index contributed by atoms with van der Waals surface area (Å²) in [5.74, 6) is 5.81. The molecule has 0 saturated carbocycles. The number of amides is 1. The van der Waals surface area contributed by atoms with Gasteiger partial charge >= 0.3 is 5.97 Å². The summed E-state index contributed by atoms with van der Waals surface area (Å²) in [5, 5.41) is 3.18. The molecular formula is C20H28N2O4S. The highest BCUT2D eigenvalue weighted by Gasteiger charge is 2.28. The lowest BCUT2D eigenvalue weighted by Crippen LogP contribution is -2.44. The summed E-state index contributed by atoms with van der Waals surface area (Å²) >= 11 is 1.26. The molecule has 1 amide bonds. The summed E-state index contributed by atoms with van der Waals surface area (Å²) in [6, 6.07) is 1.24. The van der Waals surface area contributed by atoms with E-state index in [-0.39, 0.29) is 17.9 Å². The first-order valence-corrected chi connectivity index (χ1v) is 9.86. The Bertz CT molecular complexity index is 733. The van der Waals surface area contributed by atoms with Gasteiger partial charge in [0.05, 0.1) is 24.3 Å². The van der Waals surface area contributed by atoms with Crippen LogP contribution in [0.4, 0.5) is 5.69 Å². The van der Waals surface area contributed by atoms with Crippen LogP contribution in [0.5, 0.6) is 0 Å². The minimum Gasteiger partial charge on any atom is -0.465 e. The van der Waals surface area contributed by atoms with Crippen molar-refractivity contribution in [2.75, 3.05) is 39.2 Å². The van der Waals surface area contributed by atoms with Crippen LogP contribution in [0.25, 0.3) is 0 Å². The van der Waals surface area contributed by atoms with Crippen molar-refractivity contribution in [2.24, 2.45) is 5.41 Å². The van der Waals surface area contributed by atoms with E-state index in [1.807, 2.05) is 25.7 Å². The molecule has 1 atom stereocenters. The predicted octanol–water partition coefficient (Wildman–Crippen LogP) is 2.98. The fraction of sp³-hybridized carbons (Fsp3) is 0.600. The second kappa shape index (κ2) is 9.25. The number of ether oxygens (including phenoxy) is 2. The molecule has 2 heterocycles. The van der Waals surface area contributed by atoms with Gasteiger partial charge in [-0.05, 0) is 39.7 Å². The molecule has 1 saturated heterocycles.